The minimum Gasteiger partial charge on any atom is -0.459 e. The van der Waals surface area contributed by atoms with Gasteiger partial charge in [-0.2, -0.15) is 0 Å². The van der Waals surface area contributed by atoms with Crippen molar-refractivity contribution in [3.8, 4) is 0 Å². The van der Waals surface area contributed by atoms with E-state index < -0.39 is 20.1 Å². The number of esters is 1. The molecule has 0 saturated carbocycles. The van der Waals surface area contributed by atoms with E-state index in [0.717, 1.165) is 11.0 Å². The highest BCUT2D eigenvalue weighted by Crippen LogP contribution is 2.24. The van der Waals surface area contributed by atoms with E-state index in [2.05, 4.69) is 6.58 Å². The molecule has 18 heavy (non-hydrogen) atoms. The molecule has 0 bridgehead atoms. The van der Waals surface area contributed by atoms with Gasteiger partial charge < -0.3 is 13.7 Å². The van der Waals surface area contributed by atoms with Crippen molar-refractivity contribution in [1.82, 2.24) is 0 Å². The number of hydrogen-bond acceptors (Lipinski definition) is 4. The molecule has 0 radical (unpaired) electrons. The Morgan fingerprint density at radius 3 is 2.39 bits per heavy atom. The zero-order valence-electron chi connectivity index (χ0n) is 12.0. The van der Waals surface area contributed by atoms with Gasteiger partial charge in [0.2, 0.25) is 0 Å². The van der Waals surface area contributed by atoms with Crippen LogP contribution < -0.4 is 0 Å². The summed E-state index contributed by atoms with van der Waals surface area (Å²) < 4.78 is 22.7. The van der Waals surface area contributed by atoms with Crippen molar-refractivity contribution in [3.63, 3.8) is 0 Å². The van der Waals surface area contributed by atoms with Crippen LogP contribution in [0.1, 0.15) is 13.8 Å². The Hall–Kier alpha value is -0.640. The van der Waals surface area contributed by atoms with E-state index >= 15 is 0 Å². The Labute approximate surface area is 110 Å². The minimum atomic E-state index is -2.15. The van der Waals surface area contributed by atoms with Crippen molar-refractivity contribution in [1.29, 1.82) is 0 Å². The standard InChI is InChI=1S/C12H25NO4P/c1-10(2)12(14)17-11(3)9-18(15)16-8-7-13(4,5)6/h11,18H,1,7-9H2,2-6H3/q+1. The molecule has 0 N–H and O–H groups in total. The molecule has 0 aromatic carbocycles. The molecule has 2 atom stereocenters. The third-order valence-electron chi connectivity index (χ3n) is 2.14. The number of ether oxygens (including phenoxy) is 1. The highest BCUT2D eigenvalue weighted by Gasteiger charge is 2.14. The van der Waals surface area contributed by atoms with Gasteiger partial charge in [-0.3, -0.25) is 4.57 Å². The average molecular weight is 278 g/mol. The molecule has 0 rings (SSSR count). The van der Waals surface area contributed by atoms with Crippen LogP contribution in [0.5, 0.6) is 0 Å². The fraction of sp³-hybridized carbons (Fsp3) is 0.750. The Kier molecular flexibility index (Phi) is 7.45. The van der Waals surface area contributed by atoms with Gasteiger partial charge in [-0.05, 0) is 13.8 Å². The van der Waals surface area contributed by atoms with Gasteiger partial charge in [0.15, 0.2) is 8.03 Å². The highest BCUT2D eigenvalue weighted by atomic mass is 31.1. The molecule has 0 aliphatic carbocycles. The molecule has 5 nitrogen and oxygen atoms in total. The fourth-order valence-electron chi connectivity index (χ4n) is 1.05. The summed E-state index contributed by atoms with van der Waals surface area (Å²) in [6, 6.07) is 0. The third kappa shape index (κ3) is 9.40. The second-order valence-corrected chi connectivity index (χ2v) is 6.88. The zero-order valence-corrected chi connectivity index (χ0v) is 13.0. The Morgan fingerprint density at radius 1 is 1.39 bits per heavy atom. The van der Waals surface area contributed by atoms with Crippen LogP contribution in [0.25, 0.3) is 0 Å². The van der Waals surface area contributed by atoms with Crippen LogP contribution in [0.2, 0.25) is 0 Å². The smallest absolute Gasteiger partial charge is 0.333 e. The number of likely N-dealkylation sites (N-methyl/N-ethyl adjacent to an activating group) is 1. The number of nitrogens with zero attached hydrogens (tertiary/aromatic N) is 1. The summed E-state index contributed by atoms with van der Waals surface area (Å²) in [5.74, 6) is -0.455. The van der Waals surface area contributed by atoms with E-state index in [-0.39, 0.29) is 6.16 Å². The first-order valence-electron chi connectivity index (χ1n) is 5.94. The molecule has 2 unspecified atom stereocenters. The van der Waals surface area contributed by atoms with Crippen LogP contribution in [-0.2, 0) is 18.6 Å². The Balaban J connectivity index is 3.88. The van der Waals surface area contributed by atoms with Gasteiger partial charge in [-0.25, -0.2) is 4.79 Å². The van der Waals surface area contributed by atoms with Crippen LogP contribution in [0.3, 0.4) is 0 Å². The number of hydrogen-bond donors (Lipinski definition) is 0. The normalized spacial score (nSPS) is 14.9. The van der Waals surface area contributed by atoms with Crippen LogP contribution in [0.4, 0.5) is 0 Å². The van der Waals surface area contributed by atoms with Crippen molar-refractivity contribution < 1.29 is 23.1 Å². The van der Waals surface area contributed by atoms with Gasteiger partial charge in [-0.1, -0.05) is 6.58 Å². The topological polar surface area (TPSA) is 52.6 Å². The molecular weight excluding hydrogens is 253 g/mol. The lowest BCUT2D eigenvalue weighted by atomic mass is 10.3. The maximum Gasteiger partial charge on any atom is 0.333 e. The molecule has 6 heteroatoms. The monoisotopic (exact) mass is 278 g/mol. The number of carbonyl (C=O) groups is 1. The van der Waals surface area contributed by atoms with Gasteiger partial charge in [0.1, 0.15) is 19.3 Å². The van der Waals surface area contributed by atoms with Gasteiger partial charge in [0.25, 0.3) is 0 Å². The van der Waals surface area contributed by atoms with Crippen LogP contribution in [0.15, 0.2) is 12.2 Å². The Bertz CT molecular complexity index is 323. The van der Waals surface area contributed by atoms with Crippen LogP contribution >= 0.6 is 8.03 Å². The van der Waals surface area contributed by atoms with E-state index in [1.165, 1.54) is 0 Å². The first-order valence-corrected chi connectivity index (χ1v) is 7.47. The van der Waals surface area contributed by atoms with Gasteiger partial charge in [-0.15, -0.1) is 0 Å². The maximum atomic E-state index is 11.6. The minimum absolute atomic E-state index is 0.251. The van der Waals surface area contributed by atoms with Crippen molar-refractivity contribution in [2.45, 2.75) is 20.0 Å². The fourth-order valence-corrected chi connectivity index (χ4v) is 2.04. The van der Waals surface area contributed by atoms with Crippen molar-refractivity contribution in [2.24, 2.45) is 0 Å². The average Bonchev–Trinajstić information content (AvgIpc) is 2.14. The lowest BCUT2D eigenvalue weighted by molar-refractivity contribution is -0.870. The largest absolute Gasteiger partial charge is 0.459 e. The first kappa shape index (κ1) is 17.4. The second-order valence-electron chi connectivity index (χ2n) is 5.43. The summed E-state index contributed by atoms with van der Waals surface area (Å²) in [4.78, 5) is 11.2. The number of carbonyl (C=O) groups excluding carboxylic acids is 1. The van der Waals surface area contributed by atoms with E-state index in [4.69, 9.17) is 9.26 Å². The predicted molar refractivity (Wildman–Crippen MR) is 73.1 cm³/mol. The molecule has 0 spiro atoms. The quantitative estimate of drug-likeness (QED) is 0.293. The van der Waals surface area contributed by atoms with Crippen molar-refractivity contribution >= 4 is 14.0 Å². The van der Waals surface area contributed by atoms with Crippen LogP contribution in [0, 0.1) is 0 Å². The van der Waals surface area contributed by atoms with E-state index in [0.29, 0.717) is 12.2 Å². The summed E-state index contributed by atoms with van der Waals surface area (Å²) in [7, 11) is 3.97. The first-order chi connectivity index (χ1) is 8.11. The molecule has 0 aliphatic rings. The molecule has 0 aliphatic heterocycles. The molecule has 0 fully saturated rings. The van der Waals surface area contributed by atoms with E-state index in [1.807, 2.05) is 21.1 Å². The zero-order chi connectivity index (χ0) is 14.3. The SMILES string of the molecule is C=C(C)C(=O)OC(C)C[PH](=O)OCC[N+](C)(C)C. The summed E-state index contributed by atoms with van der Waals surface area (Å²) in [5, 5.41) is 0. The maximum absolute atomic E-state index is 11.6. The molecule has 106 valence electrons. The van der Waals surface area contributed by atoms with Gasteiger partial charge >= 0.3 is 5.97 Å². The van der Waals surface area contributed by atoms with E-state index in [9.17, 15) is 9.36 Å². The van der Waals surface area contributed by atoms with E-state index in [1.54, 1.807) is 13.8 Å². The molecule has 0 aromatic rings. The lowest BCUT2D eigenvalue weighted by Crippen LogP contribution is -2.37. The van der Waals surface area contributed by atoms with Gasteiger partial charge in [0, 0.05) is 5.57 Å². The van der Waals surface area contributed by atoms with Crippen molar-refractivity contribution in [2.75, 3.05) is 40.5 Å². The van der Waals surface area contributed by atoms with Crippen LogP contribution in [-0.4, -0.2) is 57.0 Å². The molecular formula is C12H25NO4P+. The summed E-state index contributed by atoms with van der Waals surface area (Å²) in [6.45, 7) is 8.00. The van der Waals surface area contributed by atoms with Crippen molar-refractivity contribution in [3.05, 3.63) is 12.2 Å². The lowest BCUT2D eigenvalue weighted by Gasteiger charge is -2.23. The highest BCUT2D eigenvalue weighted by molar-refractivity contribution is 7.39. The van der Waals surface area contributed by atoms with Gasteiger partial charge in [0.05, 0.1) is 27.3 Å². The number of quaternary nitrogens is 1. The summed E-state index contributed by atoms with van der Waals surface area (Å²) in [5.41, 5.74) is 0.340. The summed E-state index contributed by atoms with van der Waals surface area (Å²) in [6.07, 6.45) is -0.161. The molecule has 0 aromatic heterocycles. The molecule has 0 amide bonds. The number of rotatable bonds is 8. The molecule has 0 heterocycles. The third-order valence-corrected chi connectivity index (χ3v) is 3.57. The Morgan fingerprint density at radius 2 is 1.94 bits per heavy atom. The molecule has 0 saturated heterocycles. The predicted octanol–water partition coefficient (Wildman–Crippen LogP) is 1.69. The summed E-state index contributed by atoms with van der Waals surface area (Å²) >= 11 is 0. The second kappa shape index (κ2) is 7.72.